The van der Waals surface area contributed by atoms with Crippen LogP contribution in [0.4, 0.5) is 0 Å². The summed E-state index contributed by atoms with van der Waals surface area (Å²) in [6, 6.07) is 0. The molecule has 1 saturated heterocycles. The third-order valence-corrected chi connectivity index (χ3v) is 3.40. The van der Waals surface area contributed by atoms with E-state index in [-0.39, 0.29) is 11.8 Å². The molecule has 1 fully saturated rings. The third kappa shape index (κ3) is 3.79. The Labute approximate surface area is 119 Å². The quantitative estimate of drug-likeness (QED) is 0.793. The molecule has 0 aliphatic carbocycles. The van der Waals surface area contributed by atoms with E-state index in [1.165, 1.54) is 0 Å². The fraction of sp³-hybridized carbons (Fsp3) is 0.786. The molecule has 0 spiro atoms. The summed E-state index contributed by atoms with van der Waals surface area (Å²) in [6.45, 7) is 8.42. The lowest BCUT2D eigenvalue weighted by atomic mass is 10.1. The number of amides is 1. The number of rotatable bonds is 6. The molecule has 112 valence electrons. The van der Waals surface area contributed by atoms with Gasteiger partial charge in [-0.3, -0.25) is 4.79 Å². The Balaban J connectivity index is 1.95. The van der Waals surface area contributed by atoms with E-state index in [2.05, 4.69) is 24.0 Å². The van der Waals surface area contributed by atoms with E-state index in [0.29, 0.717) is 43.9 Å². The van der Waals surface area contributed by atoms with Gasteiger partial charge in [-0.2, -0.15) is 4.98 Å². The Morgan fingerprint density at radius 3 is 2.90 bits per heavy atom. The number of hydrogen-bond acceptors (Lipinski definition) is 5. The molecule has 0 unspecified atom stereocenters. The minimum atomic E-state index is -0.0167. The lowest BCUT2D eigenvalue weighted by Gasteiger charge is -2.21. The summed E-state index contributed by atoms with van der Waals surface area (Å²) in [5, 5.41) is 3.95. The zero-order valence-electron chi connectivity index (χ0n) is 12.5. The highest BCUT2D eigenvalue weighted by Gasteiger charge is 2.28. The Hall–Kier alpha value is -1.43. The van der Waals surface area contributed by atoms with Crippen molar-refractivity contribution in [2.75, 3.05) is 19.8 Å². The molecule has 1 aliphatic heterocycles. The van der Waals surface area contributed by atoms with Gasteiger partial charge in [0, 0.05) is 19.6 Å². The maximum atomic E-state index is 12.3. The second kappa shape index (κ2) is 6.83. The van der Waals surface area contributed by atoms with Crippen LogP contribution in [0.25, 0.3) is 0 Å². The van der Waals surface area contributed by atoms with Crippen molar-refractivity contribution < 1.29 is 14.1 Å². The smallest absolute Gasteiger partial charge is 0.228 e. The third-order valence-electron chi connectivity index (χ3n) is 3.40. The van der Waals surface area contributed by atoms with Crippen LogP contribution in [0.1, 0.15) is 38.9 Å². The lowest BCUT2D eigenvalue weighted by Crippen LogP contribution is -2.36. The van der Waals surface area contributed by atoms with E-state index in [9.17, 15) is 4.79 Å². The van der Waals surface area contributed by atoms with Gasteiger partial charge in [-0.15, -0.1) is 0 Å². The molecule has 6 heteroatoms. The lowest BCUT2D eigenvalue weighted by molar-refractivity contribution is -0.136. The van der Waals surface area contributed by atoms with Crippen LogP contribution in [0.5, 0.6) is 0 Å². The maximum Gasteiger partial charge on any atom is 0.228 e. The predicted molar refractivity (Wildman–Crippen MR) is 72.9 cm³/mol. The van der Waals surface area contributed by atoms with Crippen LogP contribution in [0.3, 0.4) is 0 Å². The molecule has 1 atom stereocenters. The van der Waals surface area contributed by atoms with Gasteiger partial charge in [0.15, 0.2) is 5.82 Å². The normalized spacial score (nSPS) is 18.7. The fourth-order valence-electron chi connectivity index (χ4n) is 2.29. The summed E-state index contributed by atoms with van der Waals surface area (Å²) in [5.74, 6) is 1.80. The van der Waals surface area contributed by atoms with Crippen molar-refractivity contribution in [2.45, 2.75) is 40.2 Å². The summed E-state index contributed by atoms with van der Waals surface area (Å²) in [5.41, 5.74) is 0. The maximum absolute atomic E-state index is 12.3. The van der Waals surface area contributed by atoms with Gasteiger partial charge in [0.1, 0.15) is 0 Å². The number of ether oxygens (including phenoxy) is 1. The van der Waals surface area contributed by atoms with Crippen molar-refractivity contribution >= 4 is 5.91 Å². The first-order valence-electron chi connectivity index (χ1n) is 7.28. The molecular formula is C14H23N3O3. The molecule has 20 heavy (non-hydrogen) atoms. The molecule has 1 amide bonds. The van der Waals surface area contributed by atoms with Gasteiger partial charge in [-0.1, -0.05) is 19.0 Å². The largest absolute Gasteiger partial charge is 0.381 e. The van der Waals surface area contributed by atoms with Gasteiger partial charge in [0.2, 0.25) is 11.8 Å². The van der Waals surface area contributed by atoms with Crippen molar-refractivity contribution in [1.82, 2.24) is 15.0 Å². The Kier molecular flexibility index (Phi) is 5.11. The molecule has 0 aromatic carbocycles. The average Bonchev–Trinajstić information content (AvgIpc) is 3.05. The first kappa shape index (κ1) is 15.0. The van der Waals surface area contributed by atoms with Gasteiger partial charge in [0.25, 0.3) is 0 Å². The molecule has 1 aliphatic rings. The number of carbonyl (C=O) groups is 1. The van der Waals surface area contributed by atoms with E-state index in [1.54, 1.807) is 4.90 Å². The fourth-order valence-corrected chi connectivity index (χ4v) is 2.29. The van der Waals surface area contributed by atoms with Gasteiger partial charge >= 0.3 is 0 Å². The first-order chi connectivity index (χ1) is 9.60. The molecule has 2 heterocycles. The minimum absolute atomic E-state index is 0.0167. The van der Waals surface area contributed by atoms with Crippen LogP contribution in [0, 0.1) is 11.8 Å². The van der Waals surface area contributed by atoms with Crippen LogP contribution in [0.2, 0.25) is 0 Å². The van der Waals surface area contributed by atoms with Crippen LogP contribution in [0.15, 0.2) is 4.52 Å². The zero-order valence-corrected chi connectivity index (χ0v) is 12.5. The van der Waals surface area contributed by atoms with Gasteiger partial charge in [-0.25, -0.2) is 0 Å². The molecule has 0 radical (unpaired) electrons. The topological polar surface area (TPSA) is 68.5 Å². The SMILES string of the molecule is CCN(Cc1noc(CC(C)C)n1)C(=O)[C@H]1CCOC1. The second-order valence-corrected chi connectivity index (χ2v) is 5.62. The summed E-state index contributed by atoms with van der Waals surface area (Å²) in [6.07, 6.45) is 1.57. The summed E-state index contributed by atoms with van der Waals surface area (Å²) < 4.78 is 10.5. The van der Waals surface area contributed by atoms with E-state index >= 15 is 0 Å². The molecule has 0 bridgehead atoms. The van der Waals surface area contributed by atoms with E-state index in [0.717, 1.165) is 12.8 Å². The van der Waals surface area contributed by atoms with Crippen molar-refractivity contribution in [1.29, 1.82) is 0 Å². The molecule has 6 nitrogen and oxygen atoms in total. The molecule has 1 aromatic heterocycles. The van der Waals surface area contributed by atoms with Crippen LogP contribution in [-0.2, 0) is 22.5 Å². The Morgan fingerprint density at radius 2 is 2.30 bits per heavy atom. The summed E-state index contributed by atoms with van der Waals surface area (Å²) in [7, 11) is 0. The van der Waals surface area contributed by atoms with Crippen LogP contribution < -0.4 is 0 Å². The highest BCUT2D eigenvalue weighted by molar-refractivity contribution is 5.79. The second-order valence-electron chi connectivity index (χ2n) is 5.62. The van der Waals surface area contributed by atoms with E-state index in [4.69, 9.17) is 9.26 Å². The molecule has 0 saturated carbocycles. The van der Waals surface area contributed by atoms with Crippen molar-refractivity contribution in [2.24, 2.45) is 11.8 Å². The highest BCUT2D eigenvalue weighted by Crippen LogP contribution is 2.17. The van der Waals surface area contributed by atoms with E-state index < -0.39 is 0 Å². The van der Waals surface area contributed by atoms with Crippen LogP contribution >= 0.6 is 0 Å². The number of nitrogens with zero attached hydrogens (tertiary/aromatic N) is 3. The van der Waals surface area contributed by atoms with Gasteiger partial charge in [0.05, 0.1) is 19.1 Å². The minimum Gasteiger partial charge on any atom is -0.381 e. The molecule has 0 N–H and O–H groups in total. The summed E-state index contributed by atoms with van der Waals surface area (Å²) in [4.78, 5) is 18.4. The molecular weight excluding hydrogens is 258 g/mol. The average molecular weight is 281 g/mol. The zero-order chi connectivity index (χ0) is 14.5. The first-order valence-corrected chi connectivity index (χ1v) is 7.28. The van der Waals surface area contributed by atoms with Gasteiger partial charge in [-0.05, 0) is 19.3 Å². The van der Waals surface area contributed by atoms with Crippen molar-refractivity contribution in [3.05, 3.63) is 11.7 Å². The number of aromatic nitrogens is 2. The molecule has 1 aromatic rings. The van der Waals surface area contributed by atoms with Crippen molar-refractivity contribution in [3.63, 3.8) is 0 Å². The Morgan fingerprint density at radius 1 is 1.50 bits per heavy atom. The number of carbonyl (C=O) groups excluding carboxylic acids is 1. The monoisotopic (exact) mass is 281 g/mol. The van der Waals surface area contributed by atoms with Crippen LogP contribution in [-0.4, -0.2) is 40.7 Å². The Bertz CT molecular complexity index is 439. The predicted octanol–water partition coefficient (Wildman–Crippen LogP) is 1.65. The van der Waals surface area contributed by atoms with Crippen molar-refractivity contribution in [3.8, 4) is 0 Å². The summed E-state index contributed by atoms with van der Waals surface area (Å²) >= 11 is 0. The van der Waals surface area contributed by atoms with E-state index in [1.807, 2.05) is 6.92 Å². The molecule has 2 rings (SSSR count). The van der Waals surface area contributed by atoms with Gasteiger partial charge < -0.3 is 14.2 Å². The standard InChI is InChI=1S/C14H23N3O3/c1-4-17(14(18)11-5-6-19-9-11)8-12-15-13(20-16-12)7-10(2)3/h10-11H,4-9H2,1-3H3/t11-/m0/s1. The number of hydrogen-bond donors (Lipinski definition) is 0. The highest BCUT2D eigenvalue weighted by atomic mass is 16.5.